The van der Waals surface area contributed by atoms with Crippen molar-refractivity contribution in [1.29, 1.82) is 0 Å². The molecule has 0 radical (unpaired) electrons. The van der Waals surface area contributed by atoms with E-state index in [2.05, 4.69) is 10.2 Å². The Hall–Kier alpha value is -1.75. The van der Waals surface area contributed by atoms with Gasteiger partial charge in [-0.2, -0.15) is 0 Å². The molecule has 1 atom stereocenters. The lowest BCUT2D eigenvalue weighted by Crippen LogP contribution is -2.35. The van der Waals surface area contributed by atoms with Crippen molar-refractivity contribution >= 4 is 40.9 Å². The third-order valence-electron chi connectivity index (χ3n) is 5.34. The number of hydrogen-bond acceptors (Lipinski definition) is 6. The zero-order valence-corrected chi connectivity index (χ0v) is 23.0. The smallest absolute Gasteiger partial charge is 0.343 e. The second kappa shape index (κ2) is 13.2. The van der Waals surface area contributed by atoms with Gasteiger partial charge in [0.05, 0.1) is 17.1 Å². The molecule has 1 aliphatic rings. The highest BCUT2D eigenvalue weighted by Gasteiger charge is 2.32. The number of benzene rings is 2. The fraction of sp³-hybridized carbons (Fsp3) is 0.348. The van der Waals surface area contributed by atoms with Crippen molar-refractivity contribution in [3.8, 4) is 22.4 Å². The van der Waals surface area contributed by atoms with E-state index in [-0.39, 0.29) is 4.90 Å². The predicted octanol–water partition coefficient (Wildman–Crippen LogP) is 4.85. The average Bonchev–Trinajstić information content (AvgIpc) is 3.26. The molecule has 1 fully saturated rings. The van der Waals surface area contributed by atoms with E-state index in [1.807, 2.05) is 37.3 Å². The van der Waals surface area contributed by atoms with Crippen LogP contribution in [0.25, 0.3) is 22.4 Å². The maximum Gasteiger partial charge on any atom is 0.343 e. The summed E-state index contributed by atoms with van der Waals surface area (Å²) in [7, 11) is -6.54. The first-order valence-electron chi connectivity index (χ1n) is 11.2. The SMILES string of the molecule is Cc1onc(-c2ccccc2)c1-c1ccc(S(N)(=O)=O)cc1.O=P1(N(CCCl)CCCl)NCCCO1. The van der Waals surface area contributed by atoms with Crippen molar-refractivity contribution in [3.63, 3.8) is 0 Å². The van der Waals surface area contributed by atoms with Crippen LogP contribution >= 0.6 is 30.9 Å². The van der Waals surface area contributed by atoms with Crippen molar-refractivity contribution in [2.75, 3.05) is 38.0 Å². The van der Waals surface area contributed by atoms with Crippen LogP contribution in [0.5, 0.6) is 0 Å². The second-order valence-electron chi connectivity index (χ2n) is 7.84. The summed E-state index contributed by atoms with van der Waals surface area (Å²) in [4.78, 5) is 0.0756. The normalized spacial score (nSPS) is 18.0. The standard InChI is InChI=1S/C16H14N2O3S.C7H15Cl2N2O2P/c1-11-15(12-7-9-14(10-8-12)22(17,19)20)16(18-21-11)13-5-3-2-4-6-13;8-2-5-11(6-3-9)14(12)10-4-1-7-13-14/h2-10H,1H3,(H2,17,19,20);1-7H2,(H,10,12). The quantitative estimate of drug-likeness (QED) is 0.288. The predicted molar refractivity (Wildman–Crippen MR) is 143 cm³/mol. The van der Waals surface area contributed by atoms with E-state index in [9.17, 15) is 13.0 Å². The van der Waals surface area contributed by atoms with Crippen LogP contribution in [-0.4, -0.2) is 56.2 Å². The van der Waals surface area contributed by atoms with Gasteiger partial charge in [-0.15, -0.1) is 23.2 Å². The summed E-state index contributed by atoms with van der Waals surface area (Å²) in [5.74, 6) is 1.51. The van der Waals surface area contributed by atoms with Crippen LogP contribution in [0.3, 0.4) is 0 Å². The van der Waals surface area contributed by atoms with Crippen LogP contribution in [-0.2, 0) is 19.1 Å². The minimum Gasteiger partial charge on any atom is -0.360 e. The average molecular weight is 575 g/mol. The molecule has 0 bridgehead atoms. The molecule has 2 aromatic carbocycles. The Morgan fingerprint density at radius 1 is 1.06 bits per heavy atom. The van der Waals surface area contributed by atoms with Crippen molar-refractivity contribution in [3.05, 3.63) is 60.4 Å². The summed E-state index contributed by atoms with van der Waals surface area (Å²) >= 11 is 11.2. The van der Waals surface area contributed by atoms with Gasteiger partial charge in [0.25, 0.3) is 0 Å². The van der Waals surface area contributed by atoms with E-state index in [0.717, 1.165) is 35.3 Å². The third-order valence-corrected chi connectivity index (χ3v) is 8.91. The van der Waals surface area contributed by atoms with Gasteiger partial charge in [-0.3, -0.25) is 4.57 Å². The largest absolute Gasteiger partial charge is 0.360 e. The molecule has 0 amide bonds. The van der Waals surface area contributed by atoms with Crippen LogP contribution in [0.15, 0.2) is 64.0 Å². The third kappa shape index (κ3) is 7.40. The molecule has 0 saturated carbocycles. The van der Waals surface area contributed by atoms with Crippen LogP contribution in [0.2, 0.25) is 0 Å². The number of halogens is 2. The van der Waals surface area contributed by atoms with E-state index >= 15 is 0 Å². The first-order chi connectivity index (χ1) is 17.2. The molecule has 9 nitrogen and oxygen atoms in total. The molecule has 1 unspecified atom stereocenters. The van der Waals surface area contributed by atoms with E-state index in [0.29, 0.717) is 37.2 Å². The number of nitrogens with zero attached hydrogens (tertiary/aromatic N) is 2. The molecule has 4 rings (SSSR count). The maximum absolute atomic E-state index is 12.2. The highest BCUT2D eigenvalue weighted by Crippen LogP contribution is 2.48. The molecule has 13 heteroatoms. The molecule has 0 spiro atoms. The lowest BCUT2D eigenvalue weighted by molar-refractivity contribution is 0.233. The molecule has 2 heterocycles. The lowest BCUT2D eigenvalue weighted by Gasteiger charge is -2.33. The van der Waals surface area contributed by atoms with Crippen molar-refractivity contribution < 1.29 is 22.0 Å². The van der Waals surface area contributed by atoms with Crippen molar-refractivity contribution in [2.24, 2.45) is 5.14 Å². The number of rotatable bonds is 8. The minimum absolute atomic E-state index is 0.0756. The summed E-state index contributed by atoms with van der Waals surface area (Å²) in [6, 6.07) is 16.0. The van der Waals surface area contributed by atoms with Gasteiger partial charge in [0, 0.05) is 37.0 Å². The van der Waals surface area contributed by atoms with Crippen LogP contribution < -0.4 is 10.2 Å². The zero-order valence-electron chi connectivity index (χ0n) is 19.8. The molecule has 1 saturated heterocycles. The Kier molecular flexibility index (Phi) is 10.5. The molecule has 36 heavy (non-hydrogen) atoms. The first kappa shape index (κ1) is 28.8. The summed E-state index contributed by atoms with van der Waals surface area (Å²) in [6.07, 6.45) is 0.888. The number of nitrogens with two attached hydrogens (primary N) is 1. The highest BCUT2D eigenvalue weighted by molar-refractivity contribution is 7.89. The minimum atomic E-state index is -3.70. The first-order valence-corrected chi connectivity index (χ1v) is 15.4. The summed E-state index contributed by atoms with van der Waals surface area (Å²) in [5, 5.41) is 12.1. The van der Waals surface area contributed by atoms with Gasteiger partial charge in [0.2, 0.25) is 10.0 Å². The van der Waals surface area contributed by atoms with Gasteiger partial charge in [-0.25, -0.2) is 23.3 Å². The van der Waals surface area contributed by atoms with Crippen LogP contribution in [0.4, 0.5) is 0 Å². The molecule has 3 N–H and O–H groups in total. The van der Waals surface area contributed by atoms with E-state index in [1.54, 1.807) is 16.8 Å². The second-order valence-corrected chi connectivity index (χ2v) is 12.3. The van der Waals surface area contributed by atoms with Gasteiger partial charge in [0.15, 0.2) is 0 Å². The maximum atomic E-state index is 12.2. The number of sulfonamides is 1. The van der Waals surface area contributed by atoms with Gasteiger partial charge in [0.1, 0.15) is 11.5 Å². The number of aryl methyl sites for hydroxylation is 1. The highest BCUT2D eigenvalue weighted by atomic mass is 35.5. The van der Waals surface area contributed by atoms with E-state index in [1.165, 1.54) is 12.1 Å². The summed E-state index contributed by atoms with van der Waals surface area (Å²) in [5.41, 5.74) is 3.32. The Morgan fingerprint density at radius 3 is 2.22 bits per heavy atom. The van der Waals surface area contributed by atoms with E-state index < -0.39 is 17.7 Å². The zero-order chi connectivity index (χ0) is 26.2. The molecule has 196 valence electrons. The topological polar surface area (TPSA) is 128 Å². The lowest BCUT2D eigenvalue weighted by atomic mass is 10.00. The Morgan fingerprint density at radius 2 is 1.69 bits per heavy atom. The van der Waals surface area contributed by atoms with Crippen LogP contribution in [0, 0.1) is 6.92 Å². The fourth-order valence-corrected chi connectivity index (χ4v) is 6.75. The molecule has 0 aliphatic carbocycles. The number of alkyl halides is 2. The van der Waals surface area contributed by atoms with Gasteiger partial charge in [-0.05, 0) is 31.0 Å². The van der Waals surface area contributed by atoms with Gasteiger partial charge >= 0.3 is 7.67 Å². The fourth-order valence-electron chi connectivity index (χ4n) is 3.59. The van der Waals surface area contributed by atoms with Gasteiger partial charge < -0.3 is 9.05 Å². The summed E-state index contributed by atoms with van der Waals surface area (Å²) in [6.45, 7) is 4.13. The van der Waals surface area contributed by atoms with Crippen molar-refractivity contribution in [1.82, 2.24) is 14.9 Å². The Labute approximate surface area is 221 Å². The molecule has 1 aliphatic heterocycles. The van der Waals surface area contributed by atoms with Gasteiger partial charge in [-0.1, -0.05) is 47.6 Å². The summed E-state index contributed by atoms with van der Waals surface area (Å²) < 4.78 is 47.1. The number of hydrogen-bond donors (Lipinski definition) is 2. The number of primary sulfonamides is 1. The van der Waals surface area contributed by atoms with Crippen molar-refractivity contribution in [2.45, 2.75) is 18.2 Å². The van der Waals surface area contributed by atoms with E-state index in [4.69, 9.17) is 37.4 Å². The molecule has 3 aromatic rings. The molecule has 1 aromatic heterocycles. The number of aromatic nitrogens is 1. The molecular formula is C23H29Cl2N4O5PS. The Bertz CT molecular complexity index is 1260. The monoisotopic (exact) mass is 574 g/mol. The molecular weight excluding hydrogens is 546 g/mol. The Balaban J connectivity index is 0.000000223. The number of nitrogens with one attached hydrogen (secondary N) is 1. The van der Waals surface area contributed by atoms with Crippen LogP contribution in [0.1, 0.15) is 12.2 Å².